The Kier molecular flexibility index (Phi) is 5.41. The quantitative estimate of drug-likeness (QED) is 0.659. The number of carboxylic acid groups (broad SMARTS) is 1. The minimum Gasteiger partial charge on any atom is -0.497 e. The molecule has 0 atom stereocenters. The number of rotatable bonds is 5. The Balaban J connectivity index is 2.18. The third-order valence-corrected chi connectivity index (χ3v) is 3.49. The maximum absolute atomic E-state index is 10.6. The Morgan fingerprint density at radius 2 is 2.13 bits per heavy atom. The third-order valence-electron chi connectivity index (χ3n) is 3.49. The van der Waals surface area contributed by atoms with Gasteiger partial charge in [-0.15, -0.1) is 0 Å². The van der Waals surface area contributed by atoms with Crippen molar-refractivity contribution < 1.29 is 19.4 Å². The first-order chi connectivity index (χ1) is 11.0. The molecule has 0 spiro atoms. The summed E-state index contributed by atoms with van der Waals surface area (Å²) in [5.41, 5.74) is 3.82. The van der Waals surface area contributed by atoms with Crippen LogP contribution < -0.4 is 9.47 Å². The second-order valence-corrected chi connectivity index (χ2v) is 5.30. The van der Waals surface area contributed by atoms with Crippen LogP contribution >= 0.6 is 0 Å². The van der Waals surface area contributed by atoms with E-state index in [1.165, 1.54) is 6.08 Å². The standard InChI is InChI=1S/C19H20O4/c1-13(9-19(20)21)5-4-6-14(2)16-10-15-11-17(22-3)7-8-18(15)23-12-16/h4-11H,12H2,1-3H3,(H,20,21)/b5-4+,13-9+,14-6+. The Morgan fingerprint density at radius 3 is 2.83 bits per heavy atom. The number of ether oxygens (including phenoxy) is 2. The highest BCUT2D eigenvalue weighted by Crippen LogP contribution is 2.31. The number of hydrogen-bond acceptors (Lipinski definition) is 3. The van der Waals surface area contributed by atoms with Crippen molar-refractivity contribution in [2.75, 3.05) is 13.7 Å². The Bertz CT molecular complexity index is 721. The number of carboxylic acids is 1. The van der Waals surface area contributed by atoms with Gasteiger partial charge in [-0.25, -0.2) is 4.79 Å². The van der Waals surface area contributed by atoms with Crippen LogP contribution in [0.4, 0.5) is 0 Å². The van der Waals surface area contributed by atoms with Crippen molar-refractivity contribution in [3.63, 3.8) is 0 Å². The molecule has 1 aliphatic rings. The summed E-state index contributed by atoms with van der Waals surface area (Å²) >= 11 is 0. The van der Waals surface area contributed by atoms with Gasteiger partial charge in [0.05, 0.1) is 7.11 Å². The van der Waals surface area contributed by atoms with Crippen LogP contribution in [0.2, 0.25) is 0 Å². The minimum atomic E-state index is -0.943. The number of benzene rings is 1. The van der Waals surface area contributed by atoms with Crippen LogP contribution in [0.1, 0.15) is 19.4 Å². The molecular weight excluding hydrogens is 292 g/mol. The van der Waals surface area contributed by atoms with Gasteiger partial charge in [-0.05, 0) is 54.8 Å². The Labute approximate surface area is 136 Å². The zero-order valence-electron chi connectivity index (χ0n) is 13.5. The molecular formula is C19H20O4. The summed E-state index contributed by atoms with van der Waals surface area (Å²) in [5.74, 6) is 0.695. The van der Waals surface area contributed by atoms with E-state index in [9.17, 15) is 4.79 Å². The molecule has 1 heterocycles. The average molecular weight is 312 g/mol. The molecule has 0 fully saturated rings. The molecule has 4 nitrogen and oxygen atoms in total. The summed E-state index contributed by atoms with van der Waals surface area (Å²) < 4.78 is 11.0. The van der Waals surface area contributed by atoms with E-state index in [0.717, 1.165) is 28.2 Å². The van der Waals surface area contributed by atoms with Gasteiger partial charge >= 0.3 is 5.97 Å². The molecule has 1 aliphatic heterocycles. The van der Waals surface area contributed by atoms with Crippen LogP contribution in [0.5, 0.6) is 11.5 Å². The second kappa shape index (κ2) is 7.49. The van der Waals surface area contributed by atoms with Gasteiger partial charge in [-0.1, -0.05) is 18.2 Å². The molecule has 1 aromatic carbocycles. The minimum absolute atomic E-state index is 0.513. The number of allylic oxidation sites excluding steroid dienone is 4. The van der Waals surface area contributed by atoms with Crippen LogP contribution in [-0.2, 0) is 4.79 Å². The zero-order chi connectivity index (χ0) is 16.8. The van der Waals surface area contributed by atoms with E-state index >= 15 is 0 Å². The van der Waals surface area contributed by atoms with Gasteiger partial charge in [0, 0.05) is 11.6 Å². The predicted octanol–water partition coefficient (Wildman–Crippen LogP) is 4.00. The highest BCUT2D eigenvalue weighted by Gasteiger charge is 2.12. The fourth-order valence-corrected chi connectivity index (χ4v) is 2.20. The van der Waals surface area contributed by atoms with E-state index in [1.54, 1.807) is 20.1 Å². The molecule has 2 rings (SSSR count). The lowest BCUT2D eigenvalue weighted by Crippen LogP contribution is -2.08. The molecule has 4 heteroatoms. The summed E-state index contributed by atoms with van der Waals surface area (Å²) in [4.78, 5) is 10.6. The van der Waals surface area contributed by atoms with E-state index < -0.39 is 5.97 Å². The van der Waals surface area contributed by atoms with E-state index in [2.05, 4.69) is 6.08 Å². The Morgan fingerprint density at radius 1 is 1.35 bits per heavy atom. The summed E-state index contributed by atoms with van der Waals surface area (Å²) in [6, 6.07) is 5.72. The van der Waals surface area contributed by atoms with Crippen LogP contribution in [0.15, 0.2) is 59.2 Å². The molecule has 23 heavy (non-hydrogen) atoms. The normalized spacial score (nSPS) is 15.0. The first kappa shape index (κ1) is 16.6. The van der Waals surface area contributed by atoms with E-state index in [-0.39, 0.29) is 0 Å². The predicted molar refractivity (Wildman–Crippen MR) is 90.8 cm³/mol. The molecule has 0 saturated heterocycles. The van der Waals surface area contributed by atoms with Gasteiger partial charge in [0.2, 0.25) is 0 Å². The second-order valence-electron chi connectivity index (χ2n) is 5.30. The lowest BCUT2D eigenvalue weighted by atomic mass is 10.0. The third kappa shape index (κ3) is 4.61. The maximum atomic E-state index is 10.6. The molecule has 1 aromatic rings. The first-order valence-electron chi connectivity index (χ1n) is 7.27. The van der Waals surface area contributed by atoms with Crippen LogP contribution in [-0.4, -0.2) is 24.8 Å². The lowest BCUT2D eigenvalue weighted by Gasteiger charge is -2.19. The molecule has 0 aliphatic carbocycles. The van der Waals surface area contributed by atoms with Crippen LogP contribution in [0.25, 0.3) is 6.08 Å². The van der Waals surface area contributed by atoms with Crippen molar-refractivity contribution >= 4 is 12.0 Å². The van der Waals surface area contributed by atoms with Gasteiger partial charge in [0.25, 0.3) is 0 Å². The molecule has 0 bridgehead atoms. The molecule has 0 aromatic heterocycles. The summed E-state index contributed by atoms with van der Waals surface area (Å²) in [6.45, 7) is 4.26. The van der Waals surface area contributed by atoms with Gasteiger partial charge < -0.3 is 14.6 Å². The van der Waals surface area contributed by atoms with Gasteiger partial charge in [-0.2, -0.15) is 0 Å². The number of carbonyl (C=O) groups is 1. The van der Waals surface area contributed by atoms with Crippen molar-refractivity contribution in [1.29, 1.82) is 0 Å². The van der Waals surface area contributed by atoms with E-state index in [0.29, 0.717) is 12.2 Å². The lowest BCUT2D eigenvalue weighted by molar-refractivity contribution is -0.131. The molecule has 0 saturated carbocycles. The first-order valence-corrected chi connectivity index (χ1v) is 7.27. The fraction of sp³-hybridized carbons (Fsp3) is 0.211. The monoisotopic (exact) mass is 312 g/mol. The average Bonchev–Trinajstić information content (AvgIpc) is 2.52. The van der Waals surface area contributed by atoms with Gasteiger partial charge in [0.1, 0.15) is 18.1 Å². The van der Waals surface area contributed by atoms with Crippen molar-refractivity contribution in [2.24, 2.45) is 0 Å². The molecule has 0 amide bonds. The van der Waals surface area contributed by atoms with Crippen LogP contribution in [0, 0.1) is 0 Å². The van der Waals surface area contributed by atoms with Crippen molar-refractivity contribution in [2.45, 2.75) is 13.8 Å². The topological polar surface area (TPSA) is 55.8 Å². The number of aliphatic carboxylic acids is 1. The van der Waals surface area contributed by atoms with Gasteiger partial charge in [0.15, 0.2) is 0 Å². The van der Waals surface area contributed by atoms with Gasteiger partial charge in [-0.3, -0.25) is 0 Å². The van der Waals surface area contributed by atoms with Crippen molar-refractivity contribution in [3.05, 3.63) is 64.8 Å². The highest BCUT2D eigenvalue weighted by atomic mass is 16.5. The van der Waals surface area contributed by atoms with E-state index in [4.69, 9.17) is 14.6 Å². The highest BCUT2D eigenvalue weighted by molar-refractivity contribution is 5.81. The van der Waals surface area contributed by atoms with Crippen molar-refractivity contribution in [1.82, 2.24) is 0 Å². The Hall–Kier alpha value is -2.75. The van der Waals surface area contributed by atoms with E-state index in [1.807, 2.05) is 37.3 Å². The fourth-order valence-electron chi connectivity index (χ4n) is 2.20. The molecule has 120 valence electrons. The summed E-state index contributed by atoms with van der Waals surface area (Å²) in [5, 5.41) is 8.67. The number of hydrogen-bond donors (Lipinski definition) is 1. The van der Waals surface area contributed by atoms with Crippen LogP contribution in [0.3, 0.4) is 0 Å². The zero-order valence-corrected chi connectivity index (χ0v) is 13.5. The molecule has 0 radical (unpaired) electrons. The SMILES string of the molecule is COc1ccc2c(c1)C=C(/C(C)=C/C=C/C(C)=C/C(=O)O)CO2. The number of methoxy groups -OCH3 is 1. The number of fused-ring (bicyclic) bond motifs is 1. The summed E-state index contributed by atoms with van der Waals surface area (Å²) in [7, 11) is 1.64. The smallest absolute Gasteiger partial charge is 0.328 e. The molecule has 0 unspecified atom stereocenters. The summed E-state index contributed by atoms with van der Waals surface area (Å²) in [6.07, 6.45) is 8.80. The maximum Gasteiger partial charge on any atom is 0.328 e. The molecule has 1 N–H and O–H groups in total. The largest absolute Gasteiger partial charge is 0.497 e. The van der Waals surface area contributed by atoms with Crippen molar-refractivity contribution in [3.8, 4) is 11.5 Å².